The summed E-state index contributed by atoms with van der Waals surface area (Å²) in [6.45, 7) is 4.13. The van der Waals surface area contributed by atoms with Gasteiger partial charge in [-0.15, -0.1) is 0 Å². The Kier molecular flexibility index (Phi) is 3.28. The number of aromatic nitrogens is 3. The summed E-state index contributed by atoms with van der Waals surface area (Å²) < 4.78 is 15.3. The van der Waals surface area contributed by atoms with Gasteiger partial charge < -0.3 is 0 Å². The third-order valence-corrected chi connectivity index (χ3v) is 3.10. The molecule has 2 aromatic rings. The first-order chi connectivity index (χ1) is 7.99. The van der Waals surface area contributed by atoms with Crippen LogP contribution in [-0.2, 0) is 7.05 Å². The van der Waals surface area contributed by atoms with Crippen LogP contribution in [0, 0.1) is 5.82 Å². The van der Waals surface area contributed by atoms with Crippen molar-refractivity contribution >= 4 is 15.9 Å². The molecule has 0 fully saturated rings. The number of benzene rings is 1. The largest absolute Gasteiger partial charge is 0.252 e. The minimum Gasteiger partial charge on any atom is -0.252 e. The highest BCUT2D eigenvalue weighted by atomic mass is 79.9. The lowest BCUT2D eigenvalue weighted by Gasteiger charge is -2.00. The van der Waals surface area contributed by atoms with Crippen LogP contribution in [0.25, 0.3) is 11.4 Å². The first-order valence-electron chi connectivity index (χ1n) is 5.35. The third kappa shape index (κ3) is 2.39. The summed E-state index contributed by atoms with van der Waals surface area (Å²) in [5.41, 5.74) is 0.806. The smallest absolute Gasteiger partial charge is 0.181 e. The predicted molar refractivity (Wildman–Crippen MR) is 68.2 cm³/mol. The Balaban J connectivity index is 2.46. The van der Waals surface area contributed by atoms with Gasteiger partial charge in [0.25, 0.3) is 0 Å². The average molecular weight is 298 g/mol. The molecule has 0 bridgehead atoms. The molecule has 1 heterocycles. The maximum absolute atomic E-state index is 13.1. The lowest BCUT2D eigenvalue weighted by Crippen LogP contribution is -2.00. The minimum atomic E-state index is -0.284. The predicted octanol–water partition coefficient (Wildman–Crippen LogP) is 3.51. The second-order valence-corrected chi connectivity index (χ2v) is 5.06. The molecule has 3 nitrogen and oxygen atoms in total. The number of nitrogens with zero attached hydrogens (tertiary/aromatic N) is 3. The van der Waals surface area contributed by atoms with Crippen molar-refractivity contribution in [3.63, 3.8) is 0 Å². The van der Waals surface area contributed by atoms with Crippen LogP contribution in [0.2, 0.25) is 0 Å². The quantitative estimate of drug-likeness (QED) is 0.849. The molecule has 0 aliphatic rings. The van der Waals surface area contributed by atoms with Gasteiger partial charge in [-0.25, -0.2) is 9.37 Å². The van der Waals surface area contributed by atoms with Crippen molar-refractivity contribution in [3.05, 3.63) is 34.3 Å². The average Bonchev–Trinajstić information content (AvgIpc) is 2.64. The van der Waals surface area contributed by atoms with Crippen molar-refractivity contribution in [1.82, 2.24) is 14.8 Å². The molecule has 2 rings (SSSR count). The molecule has 0 saturated heterocycles. The fraction of sp³-hybridized carbons (Fsp3) is 0.333. The Morgan fingerprint density at radius 1 is 1.35 bits per heavy atom. The highest BCUT2D eigenvalue weighted by Gasteiger charge is 2.12. The van der Waals surface area contributed by atoms with Crippen molar-refractivity contribution in [3.8, 4) is 11.4 Å². The topological polar surface area (TPSA) is 30.7 Å². The highest BCUT2D eigenvalue weighted by molar-refractivity contribution is 9.10. The van der Waals surface area contributed by atoms with Gasteiger partial charge in [-0.2, -0.15) is 5.10 Å². The molecule has 0 aliphatic heterocycles. The standard InChI is InChI=1S/C12H13BrFN3/c1-7(2)12-15-11(16-17(12)3)8-4-5-10(14)9(13)6-8/h4-7H,1-3H3. The molecule has 0 atom stereocenters. The molecule has 0 saturated carbocycles. The van der Waals surface area contributed by atoms with Crippen LogP contribution < -0.4 is 0 Å². The third-order valence-electron chi connectivity index (χ3n) is 2.49. The van der Waals surface area contributed by atoms with E-state index in [1.165, 1.54) is 6.07 Å². The first kappa shape index (κ1) is 12.2. The van der Waals surface area contributed by atoms with E-state index in [4.69, 9.17) is 0 Å². The summed E-state index contributed by atoms with van der Waals surface area (Å²) in [7, 11) is 1.87. The zero-order chi connectivity index (χ0) is 12.6. The summed E-state index contributed by atoms with van der Waals surface area (Å²) >= 11 is 3.16. The molecular formula is C12H13BrFN3. The van der Waals surface area contributed by atoms with Crippen LogP contribution in [-0.4, -0.2) is 14.8 Å². The number of aryl methyl sites for hydroxylation is 1. The van der Waals surface area contributed by atoms with E-state index in [-0.39, 0.29) is 5.82 Å². The molecule has 5 heteroatoms. The Labute approximate surface area is 108 Å². The fourth-order valence-electron chi connectivity index (χ4n) is 1.66. The molecule has 1 aromatic carbocycles. The fourth-order valence-corrected chi connectivity index (χ4v) is 2.04. The van der Waals surface area contributed by atoms with Crippen molar-refractivity contribution < 1.29 is 4.39 Å². The van der Waals surface area contributed by atoms with Gasteiger partial charge in [-0.1, -0.05) is 13.8 Å². The van der Waals surface area contributed by atoms with Gasteiger partial charge in [0.1, 0.15) is 11.6 Å². The van der Waals surface area contributed by atoms with Crippen molar-refractivity contribution in [1.29, 1.82) is 0 Å². The van der Waals surface area contributed by atoms with Gasteiger partial charge in [0, 0.05) is 18.5 Å². The van der Waals surface area contributed by atoms with Crippen molar-refractivity contribution in [2.45, 2.75) is 19.8 Å². The van der Waals surface area contributed by atoms with Crippen LogP contribution in [0.1, 0.15) is 25.6 Å². The number of hydrogen-bond acceptors (Lipinski definition) is 2. The highest BCUT2D eigenvalue weighted by Crippen LogP contribution is 2.24. The van der Waals surface area contributed by atoms with Crippen LogP contribution in [0.5, 0.6) is 0 Å². The van der Waals surface area contributed by atoms with Crippen molar-refractivity contribution in [2.24, 2.45) is 7.05 Å². The molecule has 0 amide bonds. The van der Waals surface area contributed by atoms with Gasteiger partial charge >= 0.3 is 0 Å². The van der Waals surface area contributed by atoms with Gasteiger partial charge in [0.05, 0.1) is 4.47 Å². The van der Waals surface area contributed by atoms with Gasteiger partial charge in [-0.05, 0) is 34.1 Å². The van der Waals surface area contributed by atoms with E-state index in [0.717, 1.165) is 11.4 Å². The van der Waals surface area contributed by atoms with E-state index < -0.39 is 0 Å². The molecule has 0 aliphatic carbocycles. The lowest BCUT2D eigenvalue weighted by molar-refractivity contribution is 0.621. The SMILES string of the molecule is CC(C)c1nc(-c2ccc(F)c(Br)c2)nn1C. The van der Waals surface area contributed by atoms with E-state index in [1.807, 2.05) is 7.05 Å². The van der Waals surface area contributed by atoms with E-state index in [1.54, 1.807) is 16.8 Å². The summed E-state index contributed by atoms with van der Waals surface area (Å²) in [6, 6.07) is 4.78. The minimum absolute atomic E-state index is 0.284. The zero-order valence-corrected chi connectivity index (χ0v) is 11.5. The van der Waals surface area contributed by atoms with Crippen LogP contribution in [0.3, 0.4) is 0 Å². The summed E-state index contributed by atoms with van der Waals surface area (Å²) in [5.74, 6) is 1.57. The van der Waals surface area contributed by atoms with E-state index in [9.17, 15) is 4.39 Å². The number of hydrogen-bond donors (Lipinski definition) is 0. The number of rotatable bonds is 2. The molecule has 90 valence electrons. The summed E-state index contributed by atoms with van der Waals surface area (Å²) in [4.78, 5) is 4.46. The molecule has 0 N–H and O–H groups in total. The molecule has 1 aromatic heterocycles. The van der Waals surface area contributed by atoms with Crippen LogP contribution >= 0.6 is 15.9 Å². The summed E-state index contributed by atoms with van der Waals surface area (Å²) in [6.07, 6.45) is 0. The first-order valence-corrected chi connectivity index (χ1v) is 6.14. The lowest BCUT2D eigenvalue weighted by atomic mass is 10.2. The van der Waals surface area contributed by atoms with E-state index >= 15 is 0 Å². The van der Waals surface area contributed by atoms with Crippen molar-refractivity contribution in [2.75, 3.05) is 0 Å². The Morgan fingerprint density at radius 2 is 2.06 bits per heavy atom. The Bertz CT molecular complexity index is 549. The summed E-state index contributed by atoms with van der Waals surface area (Å²) in [5, 5.41) is 4.34. The van der Waals surface area contributed by atoms with Crippen LogP contribution in [0.4, 0.5) is 4.39 Å². The monoisotopic (exact) mass is 297 g/mol. The van der Waals surface area contributed by atoms with Gasteiger partial charge in [-0.3, -0.25) is 4.68 Å². The maximum Gasteiger partial charge on any atom is 0.181 e. The number of halogens is 2. The normalized spacial score (nSPS) is 11.2. The van der Waals surface area contributed by atoms with Gasteiger partial charge in [0.15, 0.2) is 5.82 Å². The van der Waals surface area contributed by atoms with Gasteiger partial charge in [0.2, 0.25) is 0 Å². The second-order valence-electron chi connectivity index (χ2n) is 4.20. The van der Waals surface area contributed by atoms with E-state index in [0.29, 0.717) is 16.2 Å². The maximum atomic E-state index is 13.1. The Hall–Kier alpha value is -1.23. The molecule has 0 unspecified atom stereocenters. The molecule has 17 heavy (non-hydrogen) atoms. The second kappa shape index (κ2) is 4.56. The van der Waals surface area contributed by atoms with E-state index in [2.05, 4.69) is 39.9 Å². The Morgan fingerprint density at radius 3 is 2.59 bits per heavy atom. The molecule has 0 radical (unpaired) electrons. The zero-order valence-electron chi connectivity index (χ0n) is 9.91. The molecular weight excluding hydrogens is 285 g/mol. The van der Waals surface area contributed by atoms with Crippen LogP contribution in [0.15, 0.2) is 22.7 Å². The molecule has 0 spiro atoms.